The number of ketones is 1. The molecule has 2 aromatic heterocycles. The molecule has 1 unspecified atom stereocenters. The van der Waals surface area contributed by atoms with Gasteiger partial charge in [-0.15, -0.1) is 0 Å². The minimum absolute atomic E-state index is 0. The Labute approximate surface area is 166 Å². The van der Waals surface area contributed by atoms with Gasteiger partial charge in [-0.25, -0.2) is 4.98 Å². The van der Waals surface area contributed by atoms with E-state index < -0.39 is 0 Å². The molecule has 6 nitrogen and oxygen atoms in total. The molecule has 3 heterocycles. The zero-order valence-electron chi connectivity index (χ0n) is 15.7. The first kappa shape index (κ1) is 18.1. The number of phenolic OH excluding ortho intramolecular Hbond substituents is 1. The van der Waals surface area contributed by atoms with Gasteiger partial charge in [-0.05, 0) is 48.9 Å². The van der Waals surface area contributed by atoms with E-state index in [4.69, 9.17) is 0 Å². The number of benzene rings is 1. The highest BCUT2D eigenvalue weighted by Gasteiger charge is 2.23. The molecule has 0 spiro atoms. The van der Waals surface area contributed by atoms with Crippen molar-refractivity contribution in [2.24, 2.45) is 0 Å². The lowest BCUT2D eigenvalue weighted by atomic mass is 10.0. The number of nitrogens with one attached hydrogen (secondary N) is 1. The number of aromatic hydroxyl groups is 1. The highest BCUT2D eigenvalue weighted by molar-refractivity contribution is 6.08. The summed E-state index contributed by atoms with van der Waals surface area (Å²) in [6, 6.07) is 16.5. The fraction of sp³-hybridized carbons (Fsp3) is 0.227. The van der Waals surface area contributed by atoms with Crippen LogP contribution >= 0.6 is 0 Å². The summed E-state index contributed by atoms with van der Waals surface area (Å²) in [5.41, 5.74) is 2.72. The Morgan fingerprint density at radius 2 is 2.07 bits per heavy atom. The van der Waals surface area contributed by atoms with E-state index in [1.54, 1.807) is 36.5 Å². The van der Waals surface area contributed by atoms with Crippen LogP contribution in [-0.4, -0.2) is 40.5 Å². The lowest BCUT2D eigenvalue weighted by Gasteiger charge is -2.35. The van der Waals surface area contributed by atoms with Crippen molar-refractivity contribution in [3.8, 4) is 5.75 Å². The van der Waals surface area contributed by atoms with E-state index in [2.05, 4.69) is 20.2 Å². The zero-order chi connectivity index (χ0) is 19.5. The molecule has 2 N–H and O–H groups in total. The highest BCUT2D eigenvalue weighted by Crippen LogP contribution is 2.24. The molecule has 146 valence electrons. The van der Waals surface area contributed by atoms with Gasteiger partial charge in [-0.1, -0.05) is 18.2 Å². The molecular weight excluding hydrogens is 352 g/mol. The molecule has 28 heavy (non-hydrogen) atoms. The number of carbonyl (C=O) groups is 1. The van der Waals surface area contributed by atoms with Gasteiger partial charge in [0.2, 0.25) is 5.78 Å². The largest absolute Gasteiger partial charge is 0.508 e. The number of rotatable bonds is 4. The molecule has 4 rings (SSSR count). The summed E-state index contributed by atoms with van der Waals surface area (Å²) in [7, 11) is 0. The second-order valence-electron chi connectivity index (χ2n) is 6.89. The second-order valence-corrected chi connectivity index (χ2v) is 6.89. The molecule has 3 aromatic rings. The standard InChI is InChI=1S/C22H22N4O2.2H2/c1-15-18(7-4-10-23-15)22(28)19-8-3-9-21(25-19)26-12-11-24-20(14-26)16-5-2-6-17(27)13-16;;/h2-10,13,20,24,27H,11-12,14H2,1H3;2*1H. The molecule has 6 heteroatoms. The van der Waals surface area contributed by atoms with Gasteiger partial charge in [0.05, 0.1) is 6.04 Å². The molecule has 1 fully saturated rings. The summed E-state index contributed by atoms with van der Waals surface area (Å²) >= 11 is 0. The Hall–Kier alpha value is -3.25. The molecule has 0 aliphatic carbocycles. The van der Waals surface area contributed by atoms with Gasteiger partial charge in [0.25, 0.3) is 0 Å². The quantitative estimate of drug-likeness (QED) is 0.678. The summed E-state index contributed by atoms with van der Waals surface area (Å²) in [6.45, 7) is 4.13. The molecule has 0 radical (unpaired) electrons. The highest BCUT2D eigenvalue weighted by atomic mass is 16.3. The van der Waals surface area contributed by atoms with Crippen molar-refractivity contribution in [2.75, 3.05) is 24.5 Å². The van der Waals surface area contributed by atoms with Crippen molar-refractivity contribution < 1.29 is 12.8 Å². The fourth-order valence-electron chi connectivity index (χ4n) is 3.51. The van der Waals surface area contributed by atoms with Crippen molar-refractivity contribution in [3.05, 3.63) is 83.3 Å². The average Bonchev–Trinajstić information content (AvgIpc) is 2.74. The second kappa shape index (κ2) is 7.78. The lowest BCUT2D eigenvalue weighted by Crippen LogP contribution is -2.46. The Kier molecular flexibility index (Phi) is 5.04. The van der Waals surface area contributed by atoms with Gasteiger partial charge in [0.1, 0.15) is 17.3 Å². The first-order valence-electron chi connectivity index (χ1n) is 9.32. The summed E-state index contributed by atoms with van der Waals surface area (Å²) in [6.07, 6.45) is 1.68. The van der Waals surface area contributed by atoms with Crippen LogP contribution in [0.2, 0.25) is 0 Å². The van der Waals surface area contributed by atoms with Gasteiger partial charge in [0, 0.05) is 39.9 Å². The molecule has 0 bridgehead atoms. The number of pyridine rings is 2. The van der Waals surface area contributed by atoms with Gasteiger partial charge >= 0.3 is 0 Å². The molecule has 0 amide bonds. The summed E-state index contributed by atoms with van der Waals surface area (Å²) in [5, 5.41) is 13.2. The van der Waals surface area contributed by atoms with E-state index in [9.17, 15) is 9.90 Å². The monoisotopic (exact) mass is 378 g/mol. The molecule has 1 aliphatic heterocycles. The summed E-state index contributed by atoms with van der Waals surface area (Å²) in [5.74, 6) is 0.917. The Morgan fingerprint density at radius 3 is 2.89 bits per heavy atom. The van der Waals surface area contributed by atoms with Crippen molar-refractivity contribution in [1.82, 2.24) is 15.3 Å². The molecule has 1 atom stereocenters. The smallest absolute Gasteiger partial charge is 0.213 e. The SMILES string of the molecule is Cc1ncccc1C(=O)c1cccc(N2CCNC(c3cccc(O)c3)C2)n1.[HH].[HH]. The predicted molar refractivity (Wildman–Crippen MR) is 112 cm³/mol. The Morgan fingerprint density at radius 1 is 1.21 bits per heavy atom. The maximum atomic E-state index is 12.9. The first-order chi connectivity index (χ1) is 13.6. The van der Waals surface area contributed by atoms with Crippen LogP contribution in [0.1, 0.15) is 36.2 Å². The van der Waals surface area contributed by atoms with Crippen molar-refractivity contribution in [2.45, 2.75) is 13.0 Å². The van der Waals surface area contributed by atoms with Crippen LogP contribution in [-0.2, 0) is 0 Å². The predicted octanol–water partition coefficient (Wildman–Crippen LogP) is 3.36. The molecule has 1 aromatic carbocycles. The minimum atomic E-state index is -0.118. The van der Waals surface area contributed by atoms with Crippen LogP contribution in [0, 0.1) is 6.92 Å². The summed E-state index contributed by atoms with van der Waals surface area (Å²) in [4.78, 5) is 23.9. The number of aromatic nitrogens is 2. The topological polar surface area (TPSA) is 78.4 Å². The number of carbonyl (C=O) groups excluding carboxylic acids is 1. The van der Waals surface area contributed by atoms with Crippen LogP contribution in [0.25, 0.3) is 0 Å². The maximum Gasteiger partial charge on any atom is 0.213 e. The Balaban J connectivity index is 0.00000160. The average molecular weight is 378 g/mol. The number of hydrogen-bond acceptors (Lipinski definition) is 6. The number of anilines is 1. The van der Waals surface area contributed by atoms with Crippen LogP contribution in [0.5, 0.6) is 5.75 Å². The van der Waals surface area contributed by atoms with E-state index in [-0.39, 0.29) is 20.4 Å². The Bertz CT molecular complexity index is 1020. The van der Waals surface area contributed by atoms with Crippen molar-refractivity contribution in [1.29, 1.82) is 0 Å². The number of aryl methyl sites for hydroxylation is 1. The maximum absolute atomic E-state index is 12.9. The van der Waals surface area contributed by atoms with Crippen LogP contribution < -0.4 is 10.2 Å². The molecule has 1 saturated heterocycles. The van der Waals surface area contributed by atoms with Gasteiger partial charge in [-0.3, -0.25) is 9.78 Å². The van der Waals surface area contributed by atoms with Gasteiger partial charge < -0.3 is 15.3 Å². The van der Waals surface area contributed by atoms with Crippen LogP contribution in [0.3, 0.4) is 0 Å². The van der Waals surface area contributed by atoms with Crippen LogP contribution in [0.4, 0.5) is 5.82 Å². The van der Waals surface area contributed by atoms with Crippen molar-refractivity contribution >= 4 is 11.6 Å². The van der Waals surface area contributed by atoms with Gasteiger partial charge in [0.15, 0.2) is 0 Å². The van der Waals surface area contributed by atoms with E-state index in [0.717, 1.165) is 24.5 Å². The number of nitrogens with zero attached hydrogens (tertiary/aromatic N) is 3. The lowest BCUT2D eigenvalue weighted by molar-refractivity contribution is 0.103. The molecule has 0 saturated carbocycles. The van der Waals surface area contributed by atoms with Crippen LogP contribution in [0.15, 0.2) is 60.8 Å². The summed E-state index contributed by atoms with van der Waals surface area (Å²) < 4.78 is 0. The molecular formula is C22H26N4O2. The number of phenols is 1. The van der Waals surface area contributed by atoms with E-state index in [1.807, 2.05) is 31.2 Å². The van der Waals surface area contributed by atoms with Crippen molar-refractivity contribution in [3.63, 3.8) is 0 Å². The third-order valence-electron chi connectivity index (χ3n) is 4.99. The molecule has 1 aliphatic rings. The third-order valence-corrected chi connectivity index (χ3v) is 4.99. The van der Waals surface area contributed by atoms with E-state index in [1.165, 1.54) is 0 Å². The van der Waals surface area contributed by atoms with Gasteiger partial charge in [-0.2, -0.15) is 0 Å². The fourth-order valence-corrected chi connectivity index (χ4v) is 3.51. The van der Waals surface area contributed by atoms with E-state index >= 15 is 0 Å². The number of hydrogen-bond donors (Lipinski definition) is 2. The third kappa shape index (κ3) is 3.73. The first-order valence-corrected chi connectivity index (χ1v) is 9.32. The minimum Gasteiger partial charge on any atom is -0.508 e. The zero-order valence-corrected chi connectivity index (χ0v) is 15.7. The number of piperazine rings is 1. The van der Waals surface area contributed by atoms with E-state index in [0.29, 0.717) is 23.5 Å². The normalized spacial score (nSPS) is 16.8.